The van der Waals surface area contributed by atoms with Gasteiger partial charge in [-0.05, 0) is 31.4 Å². The summed E-state index contributed by atoms with van der Waals surface area (Å²) >= 11 is 0. The van der Waals surface area contributed by atoms with E-state index in [2.05, 4.69) is 5.32 Å². The summed E-state index contributed by atoms with van der Waals surface area (Å²) in [5.41, 5.74) is -0.738. The van der Waals surface area contributed by atoms with Crippen molar-refractivity contribution >= 4 is 23.4 Å². The van der Waals surface area contributed by atoms with Crippen LogP contribution < -0.4 is 5.32 Å². The fourth-order valence-corrected chi connectivity index (χ4v) is 2.96. The highest BCUT2D eigenvalue weighted by molar-refractivity contribution is 6.27. The van der Waals surface area contributed by atoms with Gasteiger partial charge in [0.1, 0.15) is 17.7 Å². The largest absolute Gasteiger partial charge is 0.505 e. The maximum absolute atomic E-state index is 12.6. The van der Waals surface area contributed by atoms with E-state index in [4.69, 9.17) is 5.11 Å². The molecule has 0 aromatic carbocycles. The van der Waals surface area contributed by atoms with Gasteiger partial charge in [0, 0.05) is 6.20 Å². The van der Waals surface area contributed by atoms with Gasteiger partial charge >= 0.3 is 5.97 Å². The van der Waals surface area contributed by atoms with Crippen molar-refractivity contribution in [2.45, 2.75) is 24.8 Å². The number of aliphatic carboxylic acids is 1. The molecule has 7 nitrogen and oxygen atoms in total. The number of carboxylic acids is 1. The van der Waals surface area contributed by atoms with Crippen LogP contribution in [0.15, 0.2) is 23.9 Å². The van der Waals surface area contributed by atoms with Crippen LogP contribution in [0.3, 0.4) is 0 Å². The number of carbonyl (C=O) groups excluding carboxylic acids is 2. The summed E-state index contributed by atoms with van der Waals surface area (Å²) in [6.45, 7) is -0.600. The van der Waals surface area contributed by atoms with Gasteiger partial charge in [-0.3, -0.25) is 14.4 Å². The number of nitrogens with one attached hydrogen (secondary N) is 1. The van der Waals surface area contributed by atoms with Gasteiger partial charge in [-0.2, -0.15) is 0 Å². The second-order valence-electron chi connectivity index (χ2n) is 5.28. The molecule has 3 rings (SSSR count). The van der Waals surface area contributed by atoms with Gasteiger partial charge in [-0.15, -0.1) is 0 Å². The van der Waals surface area contributed by atoms with Crippen molar-refractivity contribution in [2.24, 2.45) is 0 Å². The van der Waals surface area contributed by atoms with E-state index in [0.717, 1.165) is 6.42 Å². The van der Waals surface area contributed by atoms with Crippen molar-refractivity contribution in [3.05, 3.63) is 29.6 Å². The lowest BCUT2D eigenvalue weighted by Gasteiger charge is -2.45. The van der Waals surface area contributed by atoms with Gasteiger partial charge in [0.25, 0.3) is 5.91 Å². The van der Waals surface area contributed by atoms with Crippen LogP contribution in [-0.4, -0.2) is 39.0 Å². The molecule has 0 unspecified atom stereocenters. The fourth-order valence-electron chi connectivity index (χ4n) is 2.96. The average molecular weight is 290 g/mol. The zero-order valence-corrected chi connectivity index (χ0v) is 11.1. The molecule has 0 radical (unpaired) electrons. The summed E-state index contributed by atoms with van der Waals surface area (Å²) in [7, 11) is 0. The second kappa shape index (κ2) is 4.47. The third kappa shape index (κ3) is 1.77. The molecule has 1 aromatic heterocycles. The number of rotatable bonds is 3. The molecule has 7 heteroatoms. The van der Waals surface area contributed by atoms with Gasteiger partial charge in [0.15, 0.2) is 11.5 Å². The van der Waals surface area contributed by atoms with Crippen LogP contribution in [0.2, 0.25) is 0 Å². The molecular weight excluding hydrogens is 276 g/mol. The van der Waals surface area contributed by atoms with Crippen LogP contribution in [0.4, 0.5) is 0 Å². The number of aliphatic hydroxyl groups excluding tert-OH is 1. The molecule has 0 bridgehead atoms. The Hall–Kier alpha value is -2.57. The molecule has 1 amide bonds. The van der Waals surface area contributed by atoms with Crippen molar-refractivity contribution in [2.75, 3.05) is 6.54 Å². The topological polar surface area (TPSA) is 109 Å². The van der Waals surface area contributed by atoms with Crippen LogP contribution in [-0.2, 0) is 19.9 Å². The molecule has 2 aliphatic rings. The molecule has 1 aliphatic carbocycles. The Bertz CT molecular complexity index is 681. The van der Waals surface area contributed by atoms with Crippen molar-refractivity contribution < 1.29 is 24.6 Å². The zero-order chi connectivity index (χ0) is 15.2. The number of carboxylic acid groups (broad SMARTS) is 1. The number of ketones is 1. The van der Waals surface area contributed by atoms with Gasteiger partial charge in [0.2, 0.25) is 0 Å². The Labute approximate surface area is 119 Å². The molecule has 1 aliphatic heterocycles. The lowest BCUT2D eigenvalue weighted by molar-refractivity contribution is -0.138. The number of amides is 1. The molecule has 1 aromatic rings. The molecule has 1 fully saturated rings. The van der Waals surface area contributed by atoms with Crippen LogP contribution in [0.1, 0.15) is 25.0 Å². The van der Waals surface area contributed by atoms with Gasteiger partial charge < -0.3 is 20.1 Å². The lowest BCUT2D eigenvalue weighted by Crippen LogP contribution is -2.53. The van der Waals surface area contributed by atoms with E-state index >= 15 is 0 Å². The van der Waals surface area contributed by atoms with Gasteiger partial charge in [0.05, 0.1) is 5.69 Å². The monoisotopic (exact) mass is 290 g/mol. The number of hydrogen-bond donors (Lipinski definition) is 3. The Balaban J connectivity index is 2.03. The third-order valence-electron chi connectivity index (χ3n) is 4.15. The minimum Gasteiger partial charge on any atom is -0.505 e. The van der Waals surface area contributed by atoms with E-state index in [1.165, 1.54) is 0 Å². The minimum absolute atomic E-state index is 0.345. The highest BCUT2D eigenvalue weighted by Crippen LogP contribution is 2.46. The predicted molar refractivity (Wildman–Crippen MR) is 71.5 cm³/mol. The molecular formula is C14H14N2O5. The van der Waals surface area contributed by atoms with Crippen molar-refractivity contribution in [3.63, 3.8) is 0 Å². The SMILES string of the molecule is O=C(O)CNC(=O)C1=C(O)c2cccn2C2(CCC2)C1=O. The number of Topliss-reactive ketones (excluding diaryl/α,β-unsaturated/α-hetero) is 1. The predicted octanol–water partition coefficient (Wildman–Crippen LogP) is 0.420. The molecule has 0 atom stereocenters. The van der Waals surface area contributed by atoms with Crippen molar-refractivity contribution in [1.82, 2.24) is 9.88 Å². The molecule has 1 saturated carbocycles. The van der Waals surface area contributed by atoms with Crippen molar-refractivity contribution in [3.8, 4) is 0 Å². The quantitative estimate of drug-likeness (QED) is 0.699. The first kappa shape index (κ1) is 13.4. The molecule has 1 spiro atoms. The Kier molecular flexibility index (Phi) is 2.86. The highest BCUT2D eigenvalue weighted by atomic mass is 16.4. The number of carbonyl (C=O) groups is 3. The summed E-state index contributed by atoms with van der Waals surface area (Å²) in [6.07, 6.45) is 3.80. The van der Waals surface area contributed by atoms with E-state index in [9.17, 15) is 19.5 Å². The number of aliphatic hydroxyl groups is 1. The number of fused-ring (bicyclic) bond motifs is 2. The number of aromatic nitrogens is 1. The zero-order valence-electron chi connectivity index (χ0n) is 11.1. The van der Waals surface area contributed by atoms with Gasteiger partial charge in [-0.1, -0.05) is 0 Å². The molecule has 2 heterocycles. The van der Waals surface area contributed by atoms with Crippen LogP contribution in [0, 0.1) is 0 Å². The van der Waals surface area contributed by atoms with E-state index in [1.807, 2.05) is 0 Å². The summed E-state index contributed by atoms with van der Waals surface area (Å²) in [6, 6.07) is 3.34. The van der Waals surface area contributed by atoms with E-state index < -0.39 is 35.5 Å². The normalized spacial score (nSPS) is 19.1. The maximum atomic E-state index is 12.6. The van der Waals surface area contributed by atoms with Crippen LogP contribution >= 0.6 is 0 Å². The first-order chi connectivity index (χ1) is 9.97. The molecule has 21 heavy (non-hydrogen) atoms. The van der Waals surface area contributed by atoms with E-state index in [-0.39, 0.29) is 5.57 Å². The lowest BCUT2D eigenvalue weighted by atomic mass is 9.69. The molecule has 0 saturated heterocycles. The molecule has 110 valence electrons. The highest BCUT2D eigenvalue weighted by Gasteiger charge is 2.52. The average Bonchev–Trinajstić information content (AvgIpc) is 2.84. The third-order valence-corrected chi connectivity index (χ3v) is 4.15. The summed E-state index contributed by atoms with van der Waals surface area (Å²) in [5.74, 6) is -2.91. The Morgan fingerprint density at radius 2 is 2.10 bits per heavy atom. The Morgan fingerprint density at radius 1 is 1.38 bits per heavy atom. The van der Waals surface area contributed by atoms with E-state index in [1.54, 1.807) is 22.9 Å². The van der Waals surface area contributed by atoms with Gasteiger partial charge in [-0.25, -0.2) is 0 Å². The van der Waals surface area contributed by atoms with Crippen LogP contribution in [0.5, 0.6) is 0 Å². The smallest absolute Gasteiger partial charge is 0.322 e. The number of nitrogens with zero attached hydrogens (tertiary/aromatic N) is 1. The van der Waals surface area contributed by atoms with Crippen molar-refractivity contribution in [1.29, 1.82) is 0 Å². The summed E-state index contributed by atoms with van der Waals surface area (Å²) in [4.78, 5) is 35.2. The Morgan fingerprint density at radius 3 is 2.67 bits per heavy atom. The van der Waals surface area contributed by atoms with E-state index in [0.29, 0.717) is 18.5 Å². The van der Waals surface area contributed by atoms with Crippen LogP contribution in [0.25, 0.3) is 5.76 Å². The first-order valence-electron chi connectivity index (χ1n) is 6.63. The summed E-state index contributed by atoms with van der Waals surface area (Å²) < 4.78 is 1.71. The maximum Gasteiger partial charge on any atom is 0.322 e. The standard InChI is InChI=1S/C14H14N2O5/c17-9(18)7-15-13(21)10-11(19)8-3-1-6-16(8)14(12(10)20)4-2-5-14/h1,3,6,19H,2,4-5,7H2,(H,15,21)(H,17,18). The number of hydrogen-bond acceptors (Lipinski definition) is 4. The second-order valence-corrected chi connectivity index (χ2v) is 5.28. The minimum atomic E-state index is -1.21. The summed E-state index contributed by atoms with van der Waals surface area (Å²) in [5, 5.41) is 20.9. The fraction of sp³-hybridized carbons (Fsp3) is 0.357. The molecule has 3 N–H and O–H groups in total. The first-order valence-corrected chi connectivity index (χ1v) is 6.63.